The molecular formula is C25H31N3O5S. The van der Waals surface area contributed by atoms with Crippen LogP contribution in [0.25, 0.3) is 0 Å². The number of methoxy groups -OCH3 is 2. The molecule has 1 aliphatic rings. The molecule has 0 unspecified atom stereocenters. The van der Waals surface area contributed by atoms with E-state index in [1.807, 2.05) is 24.0 Å². The summed E-state index contributed by atoms with van der Waals surface area (Å²) in [5.74, 6) is 0.645. The number of carbonyl (C=O) groups is 1. The van der Waals surface area contributed by atoms with Crippen LogP contribution < -0.4 is 9.47 Å². The fourth-order valence-corrected chi connectivity index (χ4v) is 5.66. The van der Waals surface area contributed by atoms with Gasteiger partial charge >= 0.3 is 0 Å². The van der Waals surface area contributed by atoms with Crippen LogP contribution in [0.3, 0.4) is 0 Å². The Morgan fingerprint density at radius 2 is 1.74 bits per heavy atom. The number of nitriles is 1. The van der Waals surface area contributed by atoms with Crippen LogP contribution in [0.1, 0.15) is 37.3 Å². The smallest absolute Gasteiger partial charge is 0.243 e. The van der Waals surface area contributed by atoms with Crippen LogP contribution in [-0.2, 0) is 21.4 Å². The van der Waals surface area contributed by atoms with Gasteiger partial charge in [0.25, 0.3) is 0 Å². The van der Waals surface area contributed by atoms with Crippen LogP contribution >= 0.6 is 0 Å². The lowest BCUT2D eigenvalue weighted by Crippen LogP contribution is -2.44. The number of nitrogens with zero attached hydrogens (tertiary/aromatic N) is 3. The third-order valence-electron chi connectivity index (χ3n) is 6.06. The van der Waals surface area contributed by atoms with Crippen LogP contribution in [-0.4, -0.2) is 57.4 Å². The van der Waals surface area contributed by atoms with E-state index in [0.717, 1.165) is 12.0 Å². The molecule has 0 atom stereocenters. The van der Waals surface area contributed by atoms with Crippen molar-refractivity contribution in [3.05, 3.63) is 53.6 Å². The Morgan fingerprint density at radius 3 is 2.29 bits per heavy atom. The summed E-state index contributed by atoms with van der Waals surface area (Å²) in [6.45, 7) is 3.69. The average molecular weight is 486 g/mol. The first kappa shape index (κ1) is 25.5. The fraction of sp³-hybridized carbons (Fsp3) is 0.440. The van der Waals surface area contributed by atoms with Gasteiger partial charge in [-0.15, -0.1) is 0 Å². The predicted octanol–water partition coefficient (Wildman–Crippen LogP) is 3.41. The molecule has 1 amide bonds. The van der Waals surface area contributed by atoms with E-state index in [1.54, 1.807) is 18.2 Å². The lowest BCUT2D eigenvalue weighted by Gasteiger charge is -2.33. The lowest BCUT2D eigenvalue weighted by molar-refractivity contribution is -0.137. The van der Waals surface area contributed by atoms with Crippen LogP contribution in [0.15, 0.2) is 47.4 Å². The normalized spacial score (nSPS) is 14.9. The van der Waals surface area contributed by atoms with E-state index in [-0.39, 0.29) is 29.8 Å². The molecule has 9 heteroatoms. The molecular weight excluding hydrogens is 454 g/mol. The second kappa shape index (κ2) is 11.4. The minimum Gasteiger partial charge on any atom is -0.493 e. The largest absolute Gasteiger partial charge is 0.493 e. The van der Waals surface area contributed by atoms with Crippen molar-refractivity contribution in [2.75, 3.05) is 33.9 Å². The van der Waals surface area contributed by atoms with E-state index >= 15 is 0 Å². The van der Waals surface area contributed by atoms with E-state index in [2.05, 4.69) is 6.07 Å². The molecule has 0 spiro atoms. The first-order chi connectivity index (χ1) is 16.3. The number of amides is 1. The number of sulfonamides is 1. The van der Waals surface area contributed by atoms with Gasteiger partial charge in [0.05, 0.1) is 30.7 Å². The van der Waals surface area contributed by atoms with Crippen LogP contribution in [0.4, 0.5) is 0 Å². The van der Waals surface area contributed by atoms with Crippen molar-refractivity contribution in [2.24, 2.45) is 5.92 Å². The molecule has 182 valence electrons. The van der Waals surface area contributed by atoms with Gasteiger partial charge in [-0.05, 0) is 49.1 Å². The van der Waals surface area contributed by atoms with Gasteiger partial charge in [-0.2, -0.15) is 9.57 Å². The quantitative estimate of drug-likeness (QED) is 0.540. The van der Waals surface area contributed by atoms with E-state index in [9.17, 15) is 13.2 Å². The Bertz CT molecular complexity index is 1130. The summed E-state index contributed by atoms with van der Waals surface area (Å²) in [4.78, 5) is 15.3. The third-order valence-corrected chi connectivity index (χ3v) is 7.95. The van der Waals surface area contributed by atoms with Crippen molar-refractivity contribution < 1.29 is 22.7 Å². The maximum Gasteiger partial charge on any atom is 0.243 e. The van der Waals surface area contributed by atoms with Gasteiger partial charge in [-0.3, -0.25) is 4.79 Å². The summed E-state index contributed by atoms with van der Waals surface area (Å²) in [6, 6.07) is 13.9. The zero-order valence-corrected chi connectivity index (χ0v) is 20.7. The van der Waals surface area contributed by atoms with Gasteiger partial charge in [-0.1, -0.05) is 19.1 Å². The van der Waals surface area contributed by atoms with Crippen LogP contribution in [0, 0.1) is 17.2 Å². The molecule has 1 fully saturated rings. The average Bonchev–Trinajstić information content (AvgIpc) is 2.88. The molecule has 1 aliphatic heterocycles. The Morgan fingerprint density at radius 1 is 1.09 bits per heavy atom. The molecule has 2 aromatic carbocycles. The molecule has 1 saturated heterocycles. The Kier molecular flexibility index (Phi) is 8.53. The predicted molar refractivity (Wildman–Crippen MR) is 128 cm³/mol. The first-order valence-electron chi connectivity index (χ1n) is 11.3. The number of rotatable bonds is 9. The highest BCUT2D eigenvalue weighted by Crippen LogP contribution is 2.32. The number of ether oxygens (including phenoxy) is 2. The number of hydrogen-bond acceptors (Lipinski definition) is 6. The van der Waals surface area contributed by atoms with Gasteiger partial charge in [0, 0.05) is 38.2 Å². The SMILES string of the molecule is CCCN(Cc1ccc(C#N)cc1)C(=O)C1CCN(S(=O)(=O)c2ccc(OC)c(OC)c2)CC1. The fourth-order valence-electron chi connectivity index (χ4n) is 4.17. The van der Waals surface area contributed by atoms with Gasteiger partial charge in [0.15, 0.2) is 11.5 Å². The molecule has 0 radical (unpaired) electrons. The van der Waals surface area contributed by atoms with Crippen molar-refractivity contribution in [1.29, 1.82) is 5.26 Å². The van der Waals surface area contributed by atoms with Gasteiger partial charge in [0.1, 0.15) is 0 Å². The molecule has 3 rings (SSSR count). The number of piperidine rings is 1. The van der Waals surface area contributed by atoms with E-state index in [0.29, 0.717) is 43.0 Å². The highest BCUT2D eigenvalue weighted by molar-refractivity contribution is 7.89. The molecule has 0 aliphatic carbocycles. The van der Waals surface area contributed by atoms with Gasteiger partial charge < -0.3 is 14.4 Å². The van der Waals surface area contributed by atoms with E-state index in [4.69, 9.17) is 14.7 Å². The zero-order valence-electron chi connectivity index (χ0n) is 19.9. The van der Waals surface area contributed by atoms with E-state index < -0.39 is 10.0 Å². The summed E-state index contributed by atoms with van der Waals surface area (Å²) >= 11 is 0. The minimum absolute atomic E-state index is 0.0503. The second-order valence-corrected chi connectivity index (χ2v) is 10.2. The summed E-state index contributed by atoms with van der Waals surface area (Å²) < 4.78 is 38.2. The Balaban J connectivity index is 1.67. The minimum atomic E-state index is -3.71. The van der Waals surface area contributed by atoms with Crippen molar-refractivity contribution in [1.82, 2.24) is 9.21 Å². The molecule has 8 nitrogen and oxygen atoms in total. The van der Waals surface area contributed by atoms with Crippen LogP contribution in [0.2, 0.25) is 0 Å². The summed E-state index contributed by atoms with van der Waals surface area (Å²) in [5.41, 5.74) is 1.55. The van der Waals surface area contributed by atoms with E-state index in [1.165, 1.54) is 30.7 Å². The Hall–Kier alpha value is -3.09. The van der Waals surface area contributed by atoms with Crippen LogP contribution in [0.5, 0.6) is 11.5 Å². The third kappa shape index (κ3) is 5.69. The maximum atomic E-state index is 13.3. The molecule has 0 aromatic heterocycles. The summed E-state index contributed by atoms with van der Waals surface area (Å²) in [6.07, 6.45) is 1.77. The summed E-state index contributed by atoms with van der Waals surface area (Å²) in [5, 5.41) is 8.98. The molecule has 2 aromatic rings. The first-order valence-corrected chi connectivity index (χ1v) is 12.8. The van der Waals surface area contributed by atoms with Crippen molar-refractivity contribution in [3.63, 3.8) is 0 Å². The molecule has 0 bridgehead atoms. The molecule has 1 heterocycles. The van der Waals surface area contributed by atoms with Crippen molar-refractivity contribution in [3.8, 4) is 17.6 Å². The van der Waals surface area contributed by atoms with Crippen molar-refractivity contribution >= 4 is 15.9 Å². The summed E-state index contributed by atoms with van der Waals surface area (Å²) in [7, 11) is -0.747. The highest BCUT2D eigenvalue weighted by atomic mass is 32.2. The number of hydrogen-bond donors (Lipinski definition) is 0. The molecule has 0 N–H and O–H groups in total. The van der Waals surface area contributed by atoms with Gasteiger partial charge in [-0.25, -0.2) is 8.42 Å². The van der Waals surface area contributed by atoms with Crippen molar-refractivity contribution in [2.45, 2.75) is 37.6 Å². The van der Waals surface area contributed by atoms with Gasteiger partial charge in [0.2, 0.25) is 15.9 Å². The number of benzene rings is 2. The Labute approximate surface area is 201 Å². The topological polar surface area (TPSA) is 99.9 Å². The zero-order chi connectivity index (χ0) is 24.7. The second-order valence-electron chi connectivity index (χ2n) is 8.26. The highest BCUT2D eigenvalue weighted by Gasteiger charge is 2.34. The monoisotopic (exact) mass is 485 g/mol. The number of carbonyl (C=O) groups excluding carboxylic acids is 1. The standard InChI is InChI=1S/C25H31N3O5S/c1-4-13-27(18-20-7-5-19(17-26)6-8-20)25(29)21-11-14-28(15-12-21)34(30,31)22-9-10-23(32-2)24(16-22)33-3/h5-10,16,21H,4,11-15,18H2,1-3H3. The lowest BCUT2D eigenvalue weighted by atomic mass is 9.96. The molecule has 0 saturated carbocycles. The maximum absolute atomic E-state index is 13.3. The molecule has 34 heavy (non-hydrogen) atoms.